The van der Waals surface area contributed by atoms with Crippen molar-refractivity contribution in [2.75, 3.05) is 11.9 Å². The number of aromatic nitrogens is 1. The molecule has 2 amide bonds. The fraction of sp³-hybridized carbons (Fsp3) is 0.120. The molecule has 3 aromatic rings. The highest BCUT2D eigenvalue weighted by Crippen LogP contribution is 2.32. The largest absolute Gasteiger partial charge is 0.302 e. The molecule has 166 valence electrons. The van der Waals surface area contributed by atoms with Crippen molar-refractivity contribution in [1.29, 1.82) is 0 Å². The van der Waals surface area contributed by atoms with Gasteiger partial charge >= 0.3 is 0 Å². The molecule has 2 heterocycles. The third-order valence-electron chi connectivity index (χ3n) is 4.81. The number of thiocarbonyl (C=S) groups is 1. The fourth-order valence-electron chi connectivity index (χ4n) is 3.22. The molecule has 4 rings (SSSR count). The topological polar surface area (TPSA) is 62.3 Å². The van der Waals surface area contributed by atoms with Crippen molar-refractivity contribution in [3.8, 4) is 11.3 Å². The number of anilines is 1. The van der Waals surface area contributed by atoms with Gasteiger partial charge in [-0.3, -0.25) is 14.5 Å². The predicted molar refractivity (Wildman–Crippen MR) is 141 cm³/mol. The third kappa shape index (κ3) is 6.04. The van der Waals surface area contributed by atoms with Gasteiger partial charge in [0.2, 0.25) is 5.91 Å². The van der Waals surface area contributed by atoms with Gasteiger partial charge in [-0.2, -0.15) is 0 Å². The predicted octanol–water partition coefficient (Wildman–Crippen LogP) is 5.99. The molecule has 0 aliphatic carbocycles. The fourth-order valence-corrected chi connectivity index (χ4v) is 5.32. The SMILES string of the molecule is CC(=C/c1ccccc1)/C=C1/SC(=S)N(CCC(=O)Nc2nc(-c3ccccc3)cs2)C1=O. The lowest BCUT2D eigenvalue weighted by molar-refractivity contribution is -0.122. The Morgan fingerprint density at radius 2 is 1.82 bits per heavy atom. The van der Waals surface area contributed by atoms with Gasteiger partial charge in [-0.15, -0.1) is 11.3 Å². The third-order valence-corrected chi connectivity index (χ3v) is 6.94. The summed E-state index contributed by atoms with van der Waals surface area (Å²) in [4.78, 5) is 31.8. The first kappa shape index (κ1) is 23.1. The summed E-state index contributed by atoms with van der Waals surface area (Å²) in [6.45, 7) is 2.18. The Morgan fingerprint density at radius 1 is 1.12 bits per heavy atom. The summed E-state index contributed by atoms with van der Waals surface area (Å²) in [5.41, 5.74) is 3.83. The quantitative estimate of drug-likeness (QED) is 0.325. The zero-order valence-corrected chi connectivity index (χ0v) is 20.3. The van der Waals surface area contributed by atoms with Crippen molar-refractivity contribution in [3.63, 3.8) is 0 Å². The van der Waals surface area contributed by atoms with E-state index in [9.17, 15) is 9.59 Å². The van der Waals surface area contributed by atoms with E-state index in [0.29, 0.717) is 14.4 Å². The van der Waals surface area contributed by atoms with Crippen LogP contribution in [0.5, 0.6) is 0 Å². The van der Waals surface area contributed by atoms with Crippen molar-refractivity contribution < 1.29 is 9.59 Å². The van der Waals surface area contributed by atoms with Gasteiger partial charge in [-0.25, -0.2) is 4.98 Å². The number of hydrogen-bond acceptors (Lipinski definition) is 6. The molecule has 0 spiro atoms. The van der Waals surface area contributed by atoms with E-state index >= 15 is 0 Å². The Hall–Kier alpha value is -3.07. The van der Waals surface area contributed by atoms with E-state index < -0.39 is 0 Å². The van der Waals surface area contributed by atoms with Gasteiger partial charge in [-0.1, -0.05) is 90.7 Å². The molecule has 8 heteroatoms. The first-order valence-corrected chi connectivity index (χ1v) is 12.4. The van der Waals surface area contributed by atoms with Crippen molar-refractivity contribution in [1.82, 2.24) is 9.88 Å². The van der Waals surface area contributed by atoms with E-state index in [1.165, 1.54) is 28.0 Å². The van der Waals surface area contributed by atoms with Crippen LogP contribution in [-0.4, -0.2) is 32.6 Å². The second kappa shape index (κ2) is 10.7. The number of carbonyl (C=O) groups excluding carboxylic acids is 2. The lowest BCUT2D eigenvalue weighted by Gasteiger charge is -2.13. The molecule has 1 aliphatic heterocycles. The Balaban J connectivity index is 1.33. The first-order valence-electron chi connectivity index (χ1n) is 10.3. The summed E-state index contributed by atoms with van der Waals surface area (Å²) in [6, 6.07) is 19.7. The smallest absolute Gasteiger partial charge is 0.266 e. The number of amides is 2. The maximum atomic E-state index is 12.8. The van der Waals surface area contributed by atoms with Gasteiger partial charge in [0.15, 0.2) is 5.13 Å². The molecule has 0 unspecified atom stereocenters. The van der Waals surface area contributed by atoms with Crippen molar-refractivity contribution >= 4 is 62.7 Å². The maximum absolute atomic E-state index is 12.8. The van der Waals surface area contributed by atoms with Gasteiger partial charge in [0.1, 0.15) is 4.32 Å². The zero-order valence-electron chi connectivity index (χ0n) is 17.9. The minimum absolute atomic E-state index is 0.138. The second-order valence-electron chi connectivity index (χ2n) is 7.33. The molecule has 5 nitrogen and oxygen atoms in total. The molecule has 2 aromatic carbocycles. The molecule has 0 bridgehead atoms. The van der Waals surface area contributed by atoms with Crippen molar-refractivity contribution in [2.24, 2.45) is 0 Å². The van der Waals surface area contributed by atoms with E-state index in [2.05, 4.69) is 10.3 Å². The molecule has 0 radical (unpaired) electrons. The summed E-state index contributed by atoms with van der Waals surface area (Å²) in [6.07, 6.45) is 3.99. The van der Waals surface area contributed by atoms with Crippen LogP contribution < -0.4 is 5.32 Å². The standard InChI is InChI=1S/C25H21N3O2S3/c1-17(14-18-8-4-2-5-9-18)15-21-23(30)28(25(31)33-21)13-12-22(29)27-24-26-20(16-32-24)19-10-6-3-7-11-19/h2-11,14-16H,12-13H2,1H3,(H,26,27,29)/b17-14-,21-15+. The average molecular weight is 492 g/mol. The van der Waals surface area contributed by atoms with E-state index in [0.717, 1.165) is 22.4 Å². The Bertz CT molecular complexity index is 1230. The number of nitrogens with one attached hydrogen (secondary N) is 1. The number of nitrogens with zero attached hydrogens (tertiary/aromatic N) is 2. The Labute approximate surface area is 206 Å². The zero-order chi connectivity index (χ0) is 23.2. The van der Waals surface area contributed by atoms with Crippen LogP contribution in [0.1, 0.15) is 18.9 Å². The lowest BCUT2D eigenvalue weighted by atomic mass is 10.1. The molecular weight excluding hydrogens is 470 g/mol. The number of rotatable bonds is 7. The molecule has 33 heavy (non-hydrogen) atoms. The summed E-state index contributed by atoms with van der Waals surface area (Å²) >= 11 is 8.02. The van der Waals surface area contributed by atoms with Crippen LogP contribution in [0.25, 0.3) is 17.3 Å². The highest BCUT2D eigenvalue weighted by Gasteiger charge is 2.32. The molecule has 1 fully saturated rings. The summed E-state index contributed by atoms with van der Waals surface area (Å²) in [5, 5.41) is 5.25. The highest BCUT2D eigenvalue weighted by atomic mass is 32.2. The molecule has 1 aliphatic rings. The minimum atomic E-state index is -0.206. The molecule has 1 N–H and O–H groups in total. The number of carbonyl (C=O) groups is 2. The molecular formula is C25H21N3O2S3. The monoisotopic (exact) mass is 491 g/mol. The molecule has 0 saturated carbocycles. The molecule has 1 saturated heterocycles. The number of thiazole rings is 1. The summed E-state index contributed by atoms with van der Waals surface area (Å²) < 4.78 is 0.465. The second-order valence-corrected chi connectivity index (χ2v) is 9.87. The van der Waals surface area contributed by atoms with E-state index in [4.69, 9.17) is 12.2 Å². The molecule has 1 aromatic heterocycles. The van der Waals surface area contributed by atoms with E-state index in [1.54, 1.807) is 0 Å². The van der Waals surface area contributed by atoms with Gasteiger partial charge in [0.25, 0.3) is 5.91 Å². The highest BCUT2D eigenvalue weighted by molar-refractivity contribution is 8.26. The Kier molecular flexibility index (Phi) is 7.49. The van der Waals surface area contributed by atoms with Crippen LogP contribution >= 0.6 is 35.3 Å². The number of benzene rings is 2. The van der Waals surface area contributed by atoms with Crippen LogP contribution in [0.15, 0.2) is 82.6 Å². The van der Waals surface area contributed by atoms with E-state index in [-0.39, 0.29) is 24.8 Å². The normalized spacial score (nSPS) is 15.4. The van der Waals surface area contributed by atoms with Crippen LogP contribution in [-0.2, 0) is 9.59 Å². The van der Waals surface area contributed by atoms with Gasteiger partial charge in [-0.05, 0) is 24.1 Å². The van der Waals surface area contributed by atoms with Crippen LogP contribution in [0.2, 0.25) is 0 Å². The van der Waals surface area contributed by atoms with E-state index in [1.807, 2.05) is 85.1 Å². The number of allylic oxidation sites excluding steroid dienone is 2. The lowest BCUT2D eigenvalue weighted by Crippen LogP contribution is -2.31. The summed E-state index contributed by atoms with van der Waals surface area (Å²) in [5.74, 6) is -0.374. The molecule has 0 atom stereocenters. The minimum Gasteiger partial charge on any atom is -0.302 e. The van der Waals surface area contributed by atoms with Gasteiger partial charge < -0.3 is 5.32 Å². The summed E-state index contributed by atoms with van der Waals surface area (Å²) in [7, 11) is 0. The average Bonchev–Trinajstić information content (AvgIpc) is 3.38. The van der Waals surface area contributed by atoms with Crippen molar-refractivity contribution in [3.05, 3.63) is 88.2 Å². The van der Waals surface area contributed by atoms with Gasteiger partial charge in [0.05, 0.1) is 10.6 Å². The number of thioether (sulfide) groups is 1. The number of hydrogen-bond donors (Lipinski definition) is 1. The van der Waals surface area contributed by atoms with Crippen LogP contribution in [0.4, 0.5) is 5.13 Å². The maximum Gasteiger partial charge on any atom is 0.266 e. The van der Waals surface area contributed by atoms with Crippen LogP contribution in [0.3, 0.4) is 0 Å². The Morgan fingerprint density at radius 3 is 2.55 bits per heavy atom. The van der Waals surface area contributed by atoms with Gasteiger partial charge in [0, 0.05) is 23.9 Å². The van der Waals surface area contributed by atoms with Crippen molar-refractivity contribution in [2.45, 2.75) is 13.3 Å². The first-order chi connectivity index (χ1) is 16.0. The van der Waals surface area contributed by atoms with Crippen LogP contribution in [0, 0.1) is 0 Å².